The van der Waals surface area contributed by atoms with Gasteiger partial charge >= 0.3 is 0 Å². The van der Waals surface area contributed by atoms with Crippen LogP contribution < -0.4 is 0 Å². The van der Waals surface area contributed by atoms with E-state index in [2.05, 4.69) is 120 Å². The van der Waals surface area contributed by atoms with Gasteiger partial charge in [-0.15, -0.1) is 0 Å². The van der Waals surface area contributed by atoms with Gasteiger partial charge in [-0.05, 0) is 118 Å². The van der Waals surface area contributed by atoms with Crippen LogP contribution in [0.4, 0.5) is 0 Å². The first-order valence-corrected chi connectivity index (χ1v) is 25.0. The fraction of sp³-hybridized carbons (Fsp3) is 0.786. The van der Waals surface area contributed by atoms with Crippen molar-refractivity contribution in [2.75, 3.05) is 13.9 Å². The first-order valence-electron chi connectivity index (χ1n) is 19.2. The monoisotopic (exact) mass is 715 g/mol. The minimum atomic E-state index is -2.12. The zero-order chi connectivity index (χ0) is 37.1. The number of rotatable bonds is 14. The van der Waals surface area contributed by atoms with Gasteiger partial charge in [0.15, 0.2) is 8.32 Å². The molecule has 0 amide bonds. The summed E-state index contributed by atoms with van der Waals surface area (Å²) in [5.41, 5.74) is 4.17. The number of methoxy groups -OCH3 is 1. The molecule has 3 unspecified atom stereocenters. The lowest BCUT2D eigenvalue weighted by Gasteiger charge is -2.44. The van der Waals surface area contributed by atoms with Crippen LogP contribution in [-0.4, -0.2) is 48.5 Å². The molecule has 0 aromatic carbocycles. The van der Waals surface area contributed by atoms with Gasteiger partial charge in [-0.1, -0.05) is 90.8 Å². The van der Waals surface area contributed by atoms with Crippen LogP contribution in [0.25, 0.3) is 0 Å². The highest BCUT2D eigenvalue weighted by Crippen LogP contribution is 2.59. The maximum absolute atomic E-state index is 12.1. The summed E-state index contributed by atoms with van der Waals surface area (Å²) in [4.78, 5) is 12.1. The van der Waals surface area contributed by atoms with Gasteiger partial charge in [0.2, 0.25) is 8.32 Å². The lowest BCUT2D eigenvalue weighted by atomic mass is 9.61. The smallest absolute Gasteiger partial charge is 0.250 e. The summed E-state index contributed by atoms with van der Waals surface area (Å²) in [7, 11) is -2.55. The lowest BCUT2D eigenvalue weighted by Crippen LogP contribution is -2.46. The van der Waals surface area contributed by atoms with Gasteiger partial charge in [0.25, 0.3) is 0 Å². The molecule has 0 heterocycles. The highest BCUT2D eigenvalue weighted by atomic mass is 28.4. The van der Waals surface area contributed by atoms with Crippen molar-refractivity contribution in [3.63, 3.8) is 0 Å². The van der Waals surface area contributed by atoms with Gasteiger partial charge < -0.3 is 23.1 Å². The Bertz CT molecular complexity index is 1260. The fourth-order valence-corrected chi connectivity index (χ4v) is 10.4. The molecule has 5 atom stereocenters. The molecule has 0 aromatic heterocycles. The number of carbonyl (C=O) groups excluding carboxylic acids is 1. The Morgan fingerprint density at radius 1 is 0.959 bits per heavy atom. The summed E-state index contributed by atoms with van der Waals surface area (Å²) in [5, 5.41) is 0.145. The summed E-state index contributed by atoms with van der Waals surface area (Å²) >= 11 is 0. The number of fused-ring (bicyclic) bond motifs is 1. The molecule has 2 fully saturated rings. The van der Waals surface area contributed by atoms with E-state index in [0.717, 1.165) is 36.9 Å². The van der Waals surface area contributed by atoms with Crippen LogP contribution in [0.1, 0.15) is 127 Å². The second-order valence-corrected chi connectivity index (χ2v) is 28.9. The normalized spacial score (nSPS) is 28.4. The second-order valence-electron chi connectivity index (χ2n) is 19.4. The molecule has 0 saturated heterocycles. The van der Waals surface area contributed by atoms with Crippen molar-refractivity contribution in [2.24, 2.45) is 23.2 Å². The molecule has 3 aliphatic carbocycles. The van der Waals surface area contributed by atoms with Crippen LogP contribution in [0.15, 0.2) is 46.8 Å². The third-order valence-corrected chi connectivity index (χ3v) is 22.0. The average Bonchev–Trinajstić information content (AvgIpc) is 3.32. The topological polar surface area (TPSA) is 54.0 Å². The van der Waals surface area contributed by atoms with Gasteiger partial charge in [0, 0.05) is 25.5 Å². The summed E-state index contributed by atoms with van der Waals surface area (Å²) in [6.07, 6.45) is 19.8. The Kier molecular flexibility index (Phi) is 13.9. The molecule has 0 radical (unpaired) electrons. The number of hydrogen-bond acceptors (Lipinski definition) is 5. The Balaban J connectivity index is 1.92. The van der Waals surface area contributed by atoms with E-state index in [0.29, 0.717) is 36.4 Å². The standard InChI is InChI=1S/C42H74O5Si2/c1-31(18-16-25-41(8,9)45-30-44-11)35-22-23-36-33(19-17-26-42(35,36)10)21-20-32-28-37(46-48(12,13)39(2,3)4)34(24-27-43)38(29-32)47-49(14,15)40(5,6)7/h16,18,20-21,27,31,35-37H,17,19,22-26,28-30H2,1-15H3/t31-,35?,36?,37-,42?/m1/s1. The Labute approximate surface area is 304 Å². The van der Waals surface area contributed by atoms with Crippen molar-refractivity contribution < 1.29 is 23.1 Å². The van der Waals surface area contributed by atoms with Crippen LogP contribution in [-0.2, 0) is 23.1 Å². The third-order valence-electron chi connectivity index (χ3n) is 13.1. The molecule has 7 heteroatoms. The van der Waals surface area contributed by atoms with E-state index >= 15 is 0 Å². The molecule has 3 rings (SSSR count). The van der Waals surface area contributed by atoms with Crippen molar-refractivity contribution in [1.82, 2.24) is 0 Å². The maximum atomic E-state index is 12.1. The van der Waals surface area contributed by atoms with Crippen LogP contribution in [0, 0.1) is 23.2 Å². The Morgan fingerprint density at radius 3 is 2.20 bits per heavy atom. The summed E-state index contributed by atoms with van der Waals surface area (Å²) in [5.74, 6) is 2.86. The van der Waals surface area contributed by atoms with E-state index in [-0.39, 0.29) is 21.8 Å². The molecule has 2 saturated carbocycles. The number of ether oxygens (including phenoxy) is 2. The lowest BCUT2D eigenvalue weighted by molar-refractivity contribution is -0.112. The molecule has 280 valence electrons. The predicted octanol–water partition coefficient (Wildman–Crippen LogP) is 12.1. The van der Waals surface area contributed by atoms with Crippen molar-refractivity contribution in [3.8, 4) is 0 Å². The van der Waals surface area contributed by atoms with Gasteiger partial charge in [-0.3, -0.25) is 0 Å². The SMILES string of the molecule is COCOC(C)(C)CC=C[C@@H](C)C1CCC2C(=CC=C3CC(O[Si](C)(C)C(C)(C)C)=C(CC=O)[C@H](O[Si](C)(C)C(C)(C)C)C3)CCCC21C. The minimum absolute atomic E-state index is 0.0667. The van der Waals surface area contributed by atoms with Crippen molar-refractivity contribution in [2.45, 2.75) is 175 Å². The van der Waals surface area contributed by atoms with Crippen LogP contribution in [0.5, 0.6) is 0 Å². The molecular weight excluding hydrogens is 641 g/mol. The highest BCUT2D eigenvalue weighted by Gasteiger charge is 2.50. The predicted molar refractivity (Wildman–Crippen MR) is 212 cm³/mol. The van der Waals surface area contributed by atoms with Crippen LogP contribution in [0.2, 0.25) is 36.3 Å². The molecule has 49 heavy (non-hydrogen) atoms. The van der Waals surface area contributed by atoms with Gasteiger partial charge in [0.1, 0.15) is 13.1 Å². The van der Waals surface area contributed by atoms with Crippen molar-refractivity contribution >= 4 is 22.9 Å². The summed E-state index contributed by atoms with van der Waals surface area (Å²) in [6, 6.07) is 0. The van der Waals surface area contributed by atoms with E-state index in [9.17, 15) is 4.79 Å². The van der Waals surface area contributed by atoms with E-state index in [4.69, 9.17) is 18.3 Å². The van der Waals surface area contributed by atoms with Gasteiger partial charge in [-0.25, -0.2) is 0 Å². The zero-order valence-electron chi connectivity index (χ0n) is 34.3. The van der Waals surface area contributed by atoms with Crippen molar-refractivity contribution in [1.29, 1.82) is 0 Å². The van der Waals surface area contributed by atoms with Crippen LogP contribution >= 0.6 is 0 Å². The molecular formula is C42H74O5Si2. The third kappa shape index (κ3) is 10.4. The number of allylic oxidation sites excluding steroid dienone is 5. The molecule has 0 aliphatic heterocycles. The molecule has 3 aliphatic rings. The maximum Gasteiger partial charge on any atom is 0.250 e. The first-order chi connectivity index (χ1) is 22.5. The molecule has 0 bridgehead atoms. The fourth-order valence-electron chi connectivity index (χ4n) is 7.95. The molecule has 0 N–H and O–H groups in total. The zero-order valence-corrected chi connectivity index (χ0v) is 36.3. The Morgan fingerprint density at radius 2 is 1.61 bits per heavy atom. The largest absolute Gasteiger partial charge is 0.546 e. The van der Waals surface area contributed by atoms with E-state index in [1.165, 1.54) is 37.7 Å². The average molecular weight is 715 g/mol. The number of carbonyl (C=O) groups is 1. The number of aldehydes is 1. The van der Waals surface area contributed by atoms with Gasteiger partial charge in [-0.2, -0.15) is 0 Å². The van der Waals surface area contributed by atoms with E-state index in [1.54, 1.807) is 12.7 Å². The molecule has 5 nitrogen and oxygen atoms in total. The second kappa shape index (κ2) is 16.2. The van der Waals surface area contributed by atoms with E-state index < -0.39 is 16.6 Å². The quantitative estimate of drug-likeness (QED) is 0.0776. The highest BCUT2D eigenvalue weighted by molar-refractivity contribution is 6.74. The summed E-state index contributed by atoms with van der Waals surface area (Å²) in [6.45, 7) is 32.6. The first kappa shape index (κ1) is 42.2. The number of hydrogen-bond donors (Lipinski definition) is 0. The summed E-state index contributed by atoms with van der Waals surface area (Å²) < 4.78 is 25.2. The van der Waals surface area contributed by atoms with E-state index in [1.807, 2.05) is 0 Å². The minimum Gasteiger partial charge on any atom is -0.546 e. The molecule has 0 aromatic rings. The Hall–Kier alpha value is -1.26. The molecule has 0 spiro atoms. The van der Waals surface area contributed by atoms with Gasteiger partial charge in [0.05, 0.1) is 17.5 Å². The van der Waals surface area contributed by atoms with Crippen molar-refractivity contribution in [3.05, 3.63) is 46.8 Å². The van der Waals surface area contributed by atoms with Crippen LogP contribution in [0.3, 0.4) is 0 Å².